The maximum absolute atomic E-state index is 11.9. The van der Waals surface area contributed by atoms with Crippen molar-refractivity contribution in [3.63, 3.8) is 0 Å². The summed E-state index contributed by atoms with van der Waals surface area (Å²) in [5, 5.41) is 17.1. The van der Waals surface area contributed by atoms with Crippen LogP contribution in [0.15, 0.2) is 4.52 Å². The Labute approximate surface area is 130 Å². The van der Waals surface area contributed by atoms with Crippen molar-refractivity contribution in [2.45, 2.75) is 75.7 Å². The van der Waals surface area contributed by atoms with Crippen molar-refractivity contribution in [2.75, 3.05) is 6.54 Å². The number of hydrogen-bond acceptors (Lipinski definition) is 5. The van der Waals surface area contributed by atoms with Gasteiger partial charge in [0.05, 0.1) is 5.60 Å². The predicted octanol–water partition coefficient (Wildman–Crippen LogP) is 2.08. The first-order chi connectivity index (χ1) is 10.6. The van der Waals surface area contributed by atoms with E-state index in [4.69, 9.17) is 4.52 Å². The normalized spacial score (nSPS) is 21.3. The lowest BCUT2D eigenvalue weighted by Gasteiger charge is -2.22. The SMILES string of the molecule is O=C(CCc1nc(C2CCCC2)no1)NCC1(O)CCCC1. The summed E-state index contributed by atoms with van der Waals surface area (Å²) in [5.41, 5.74) is -0.699. The molecule has 0 aromatic carbocycles. The second-order valence-electron chi connectivity index (χ2n) is 6.74. The number of aromatic nitrogens is 2. The molecule has 2 aliphatic carbocycles. The van der Waals surface area contributed by atoms with E-state index in [2.05, 4.69) is 15.5 Å². The molecule has 0 saturated heterocycles. The van der Waals surface area contributed by atoms with Gasteiger partial charge in [-0.1, -0.05) is 30.8 Å². The molecular weight excluding hydrogens is 282 g/mol. The van der Waals surface area contributed by atoms with Gasteiger partial charge in [0, 0.05) is 25.3 Å². The maximum Gasteiger partial charge on any atom is 0.227 e. The van der Waals surface area contributed by atoms with E-state index in [1.165, 1.54) is 12.8 Å². The number of rotatable bonds is 6. The van der Waals surface area contributed by atoms with E-state index in [-0.39, 0.29) is 5.91 Å². The van der Waals surface area contributed by atoms with Crippen LogP contribution in [0.1, 0.15) is 75.4 Å². The van der Waals surface area contributed by atoms with Gasteiger partial charge in [-0.3, -0.25) is 4.79 Å². The number of aryl methyl sites for hydroxylation is 1. The van der Waals surface area contributed by atoms with Crippen molar-refractivity contribution in [1.29, 1.82) is 0 Å². The lowest BCUT2D eigenvalue weighted by atomic mass is 10.0. The van der Waals surface area contributed by atoms with Crippen LogP contribution in [-0.4, -0.2) is 33.3 Å². The zero-order valence-electron chi connectivity index (χ0n) is 13.0. The highest BCUT2D eigenvalue weighted by Crippen LogP contribution is 2.32. The summed E-state index contributed by atoms with van der Waals surface area (Å²) < 4.78 is 5.23. The molecule has 0 atom stereocenters. The monoisotopic (exact) mass is 307 g/mol. The molecule has 122 valence electrons. The lowest BCUT2D eigenvalue weighted by Crippen LogP contribution is -2.40. The van der Waals surface area contributed by atoms with Gasteiger partial charge < -0.3 is 14.9 Å². The molecule has 0 radical (unpaired) electrons. The third kappa shape index (κ3) is 3.85. The Morgan fingerprint density at radius 1 is 1.27 bits per heavy atom. The highest BCUT2D eigenvalue weighted by Gasteiger charge is 2.31. The Balaban J connectivity index is 1.41. The number of nitrogens with zero attached hydrogens (tertiary/aromatic N) is 2. The minimum absolute atomic E-state index is 0.0686. The van der Waals surface area contributed by atoms with Crippen molar-refractivity contribution < 1.29 is 14.4 Å². The summed E-state index contributed by atoms with van der Waals surface area (Å²) in [6.07, 6.45) is 9.17. The molecule has 2 saturated carbocycles. The number of carbonyl (C=O) groups is 1. The van der Waals surface area contributed by atoms with Gasteiger partial charge in [-0.05, 0) is 25.7 Å². The fraction of sp³-hybridized carbons (Fsp3) is 0.812. The summed E-state index contributed by atoms with van der Waals surface area (Å²) >= 11 is 0. The first kappa shape index (κ1) is 15.5. The first-order valence-corrected chi connectivity index (χ1v) is 8.46. The molecule has 0 aliphatic heterocycles. The zero-order chi connectivity index (χ0) is 15.4. The molecule has 22 heavy (non-hydrogen) atoms. The standard InChI is InChI=1S/C16H25N3O3/c20-13(17-11-16(21)9-3-4-10-16)7-8-14-18-15(19-22-14)12-5-1-2-6-12/h12,21H,1-11H2,(H,17,20). The van der Waals surface area contributed by atoms with Gasteiger partial charge >= 0.3 is 0 Å². The molecule has 1 heterocycles. The molecule has 6 nitrogen and oxygen atoms in total. The van der Waals surface area contributed by atoms with Crippen LogP contribution in [0.3, 0.4) is 0 Å². The number of aliphatic hydroxyl groups is 1. The molecule has 0 spiro atoms. The molecule has 0 unspecified atom stereocenters. The molecule has 6 heteroatoms. The van der Waals surface area contributed by atoms with Gasteiger partial charge in [-0.2, -0.15) is 4.98 Å². The van der Waals surface area contributed by atoms with E-state index in [9.17, 15) is 9.90 Å². The Kier molecular flexibility index (Phi) is 4.76. The van der Waals surface area contributed by atoms with E-state index in [1.807, 2.05) is 0 Å². The Hall–Kier alpha value is -1.43. The molecule has 2 fully saturated rings. The van der Waals surface area contributed by atoms with Crippen LogP contribution in [0.25, 0.3) is 0 Å². The van der Waals surface area contributed by atoms with Crippen molar-refractivity contribution in [2.24, 2.45) is 0 Å². The van der Waals surface area contributed by atoms with E-state index in [1.54, 1.807) is 0 Å². The minimum atomic E-state index is -0.699. The van der Waals surface area contributed by atoms with Crippen molar-refractivity contribution in [1.82, 2.24) is 15.5 Å². The van der Waals surface area contributed by atoms with Gasteiger partial charge in [0.1, 0.15) is 0 Å². The molecule has 2 N–H and O–H groups in total. The third-order valence-electron chi connectivity index (χ3n) is 4.92. The van der Waals surface area contributed by atoms with Gasteiger partial charge in [0.15, 0.2) is 5.82 Å². The maximum atomic E-state index is 11.9. The summed E-state index contributed by atoms with van der Waals surface area (Å²) in [7, 11) is 0. The van der Waals surface area contributed by atoms with Crippen LogP contribution in [0.2, 0.25) is 0 Å². The van der Waals surface area contributed by atoms with Gasteiger partial charge in [0.2, 0.25) is 11.8 Å². The molecule has 2 aliphatic rings. The topological polar surface area (TPSA) is 88.2 Å². The third-order valence-corrected chi connectivity index (χ3v) is 4.92. The second-order valence-corrected chi connectivity index (χ2v) is 6.74. The van der Waals surface area contributed by atoms with Crippen molar-refractivity contribution in [3.05, 3.63) is 11.7 Å². The Morgan fingerprint density at radius 2 is 2.00 bits per heavy atom. The molecule has 1 aromatic heterocycles. The smallest absolute Gasteiger partial charge is 0.227 e. The van der Waals surface area contributed by atoms with Gasteiger partial charge in [0.25, 0.3) is 0 Å². The van der Waals surface area contributed by atoms with E-state index in [0.29, 0.717) is 31.2 Å². The van der Waals surface area contributed by atoms with E-state index >= 15 is 0 Å². The number of nitrogens with one attached hydrogen (secondary N) is 1. The zero-order valence-corrected chi connectivity index (χ0v) is 13.0. The molecule has 3 rings (SSSR count). The Bertz CT molecular complexity index is 502. The first-order valence-electron chi connectivity index (χ1n) is 8.46. The molecule has 1 aromatic rings. The summed E-state index contributed by atoms with van der Waals surface area (Å²) in [5.74, 6) is 1.70. The largest absolute Gasteiger partial charge is 0.388 e. The van der Waals surface area contributed by atoms with Crippen LogP contribution in [0.5, 0.6) is 0 Å². The van der Waals surface area contributed by atoms with Crippen LogP contribution in [-0.2, 0) is 11.2 Å². The second kappa shape index (κ2) is 6.77. The van der Waals surface area contributed by atoms with E-state index in [0.717, 1.165) is 44.3 Å². The fourth-order valence-electron chi connectivity index (χ4n) is 3.50. The van der Waals surface area contributed by atoms with Crippen LogP contribution in [0, 0.1) is 0 Å². The van der Waals surface area contributed by atoms with Crippen LogP contribution >= 0.6 is 0 Å². The average molecular weight is 307 g/mol. The molecule has 1 amide bonds. The quantitative estimate of drug-likeness (QED) is 0.840. The van der Waals surface area contributed by atoms with Crippen molar-refractivity contribution >= 4 is 5.91 Å². The van der Waals surface area contributed by atoms with Crippen LogP contribution in [0.4, 0.5) is 0 Å². The highest BCUT2D eigenvalue weighted by atomic mass is 16.5. The van der Waals surface area contributed by atoms with Crippen LogP contribution < -0.4 is 5.32 Å². The fourth-order valence-corrected chi connectivity index (χ4v) is 3.50. The average Bonchev–Trinajstić information content (AvgIpc) is 3.24. The molecular formula is C16H25N3O3. The number of hydrogen-bond donors (Lipinski definition) is 2. The Morgan fingerprint density at radius 3 is 2.73 bits per heavy atom. The minimum Gasteiger partial charge on any atom is -0.388 e. The molecule has 0 bridgehead atoms. The van der Waals surface area contributed by atoms with Gasteiger partial charge in [-0.15, -0.1) is 0 Å². The number of amides is 1. The van der Waals surface area contributed by atoms with E-state index < -0.39 is 5.60 Å². The predicted molar refractivity (Wildman–Crippen MR) is 80.3 cm³/mol. The highest BCUT2D eigenvalue weighted by molar-refractivity contribution is 5.76. The van der Waals surface area contributed by atoms with Crippen molar-refractivity contribution in [3.8, 4) is 0 Å². The number of carbonyl (C=O) groups excluding carboxylic acids is 1. The summed E-state index contributed by atoms with van der Waals surface area (Å²) in [6.45, 7) is 0.350. The summed E-state index contributed by atoms with van der Waals surface area (Å²) in [6, 6.07) is 0. The lowest BCUT2D eigenvalue weighted by molar-refractivity contribution is -0.122. The van der Waals surface area contributed by atoms with Gasteiger partial charge in [-0.25, -0.2) is 0 Å². The summed E-state index contributed by atoms with van der Waals surface area (Å²) in [4.78, 5) is 16.3.